The second-order valence-corrected chi connectivity index (χ2v) is 9.35. The van der Waals surface area contributed by atoms with Gasteiger partial charge in [-0.2, -0.15) is 0 Å². The summed E-state index contributed by atoms with van der Waals surface area (Å²) >= 11 is 4.15. The first-order valence-corrected chi connectivity index (χ1v) is 11.9. The first-order chi connectivity index (χ1) is 17.5. The van der Waals surface area contributed by atoms with E-state index in [1.807, 2.05) is 24.3 Å². The van der Waals surface area contributed by atoms with Gasteiger partial charge in [-0.25, -0.2) is 0 Å². The zero-order chi connectivity index (χ0) is 25.0. The molecule has 0 radical (unpaired) electrons. The molecule has 0 amide bonds. The predicted molar refractivity (Wildman–Crippen MR) is 132 cm³/mol. The normalized spacial score (nSPS) is 15.4. The van der Waals surface area contributed by atoms with E-state index in [4.69, 9.17) is 8.83 Å². The molecule has 2 aliphatic carbocycles. The summed E-state index contributed by atoms with van der Waals surface area (Å²) in [5.41, 5.74) is 0.908. The summed E-state index contributed by atoms with van der Waals surface area (Å²) in [6.07, 6.45) is 8.94. The standard InChI is InChI=1S/C29H19O6.Fe/c30-26-19-10-3-5-14-21(19)34-28(32)24(26)23(18-13-7-12-17(18)16-8-1-2-9-16)25-27(31)20-11-4-6-15-22(20)35-29(25)33;/h1,3-8,10-11,13-15,23,30-31H,2,12H2;. The molecule has 0 aliphatic heterocycles. The number of aromatic hydroxyl groups is 2. The Hall–Kier alpha value is -4.06. The summed E-state index contributed by atoms with van der Waals surface area (Å²) in [4.78, 5) is 26.8. The van der Waals surface area contributed by atoms with Crippen LogP contribution in [-0.2, 0) is 16.0 Å². The van der Waals surface area contributed by atoms with Crippen molar-refractivity contribution in [2.75, 3.05) is 0 Å². The summed E-state index contributed by atoms with van der Waals surface area (Å²) in [6.45, 7) is 0. The summed E-state index contributed by atoms with van der Waals surface area (Å²) in [5, 5.41) is 23.4. The third-order valence-electron chi connectivity index (χ3n) is 6.68. The second-order valence-electron chi connectivity index (χ2n) is 8.68. The third-order valence-corrected chi connectivity index (χ3v) is 7.21. The summed E-state index contributed by atoms with van der Waals surface area (Å²) in [7, 11) is 0. The molecule has 2 aromatic carbocycles. The van der Waals surface area contributed by atoms with E-state index in [-0.39, 0.29) is 33.8 Å². The van der Waals surface area contributed by atoms with Gasteiger partial charge < -0.3 is 0 Å². The molecule has 7 heteroatoms. The number of para-hydroxylation sites is 2. The molecule has 4 aromatic rings. The van der Waals surface area contributed by atoms with Gasteiger partial charge in [-0.15, -0.1) is 0 Å². The summed E-state index contributed by atoms with van der Waals surface area (Å²) in [5.74, 6) is -1.76. The second kappa shape index (κ2) is 8.55. The van der Waals surface area contributed by atoms with Crippen LogP contribution >= 0.6 is 0 Å². The number of fused-ring (bicyclic) bond motifs is 2. The van der Waals surface area contributed by atoms with E-state index in [0.717, 1.165) is 15.6 Å². The minimum absolute atomic E-state index is 0.140. The van der Waals surface area contributed by atoms with Gasteiger partial charge in [0.25, 0.3) is 0 Å². The molecular weight excluding hydrogens is 500 g/mol. The van der Waals surface area contributed by atoms with Crippen LogP contribution in [0.15, 0.2) is 112 Å². The maximum absolute atomic E-state index is 13.4. The average molecular weight is 519 g/mol. The van der Waals surface area contributed by atoms with Gasteiger partial charge in [-0.1, -0.05) is 0 Å². The molecule has 0 fully saturated rings. The van der Waals surface area contributed by atoms with Crippen LogP contribution in [0.4, 0.5) is 0 Å². The van der Waals surface area contributed by atoms with Crippen LogP contribution in [-0.4, -0.2) is 10.2 Å². The van der Waals surface area contributed by atoms with Crippen molar-refractivity contribution in [3.05, 3.63) is 126 Å². The minimum atomic E-state index is -1.14. The van der Waals surface area contributed by atoms with Crippen LogP contribution in [0.25, 0.3) is 21.9 Å². The van der Waals surface area contributed by atoms with Crippen molar-refractivity contribution in [2.45, 2.75) is 18.8 Å². The van der Waals surface area contributed by atoms with Crippen LogP contribution in [0, 0.1) is 0 Å². The fraction of sp³-hybridized carbons (Fsp3) is 0.103. The van der Waals surface area contributed by atoms with E-state index < -0.39 is 17.2 Å². The van der Waals surface area contributed by atoms with Crippen molar-refractivity contribution in [3.8, 4) is 11.5 Å². The molecule has 6 rings (SSSR count). The van der Waals surface area contributed by atoms with Gasteiger partial charge in [0.2, 0.25) is 0 Å². The van der Waals surface area contributed by atoms with Gasteiger partial charge >= 0.3 is 213 Å². The van der Waals surface area contributed by atoms with E-state index in [0.29, 0.717) is 29.2 Å². The van der Waals surface area contributed by atoms with Crippen molar-refractivity contribution in [1.82, 2.24) is 0 Å². The Morgan fingerprint density at radius 1 is 0.750 bits per heavy atom. The molecule has 2 aromatic heterocycles. The first kappa shape index (κ1) is 22.4. The quantitative estimate of drug-likeness (QED) is 0.274. The van der Waals surface area contributed by atoms with Gasteiger partial charge in [0.05, 0.1) is 0 Å². The monoisotopic (exact) mass is 519 g/mol. The fourth-order valence-electron chi connectivity index (χ4n) is 5.05. The third kappa shape index (κ3) is 3.40. The van der Waals surface area contributed by atoms with Crippen molar-refractivity contribution in [2.24, 2.45) is 0 Å². The van der Waals surface area contributed by atoms with Crippen LogP contribution in [0.3, 0.4) is 0 Å². The molecule has 0 atom stereocenters. The molecule has 2 aliphatic rings. The van der Waals surface area contributed by atoms with Gasteiger partial charge in [-0.3, -0.25) is 0 Å². The van der Waals surface area contributed by atoms with Crippen LogP contribution in [0.1, 0.15) is 29.9 Å². The molecular formula is C29H19FeO6. The van der Waals surface area contributed by atoms with Gasteiger partial charge in [0.15, 0.2) is 0 Å². The number of hydrogen-bond acceptors (Lipinski definition) is 6. The maximum atomic E-state index is 13.4. The van der Waals surface area contributed by atoms with Crippen molar-refractivity contribution in [3.63, 3.8) is 0 Å². The average Bonchev–Trinajstić information content (AvgIpc) is 3.51. The molecule has 2 N–H and O–H groups in total. The van der Waals surface area contributed by atoms with Gasteiger partial charge in [-0.05, 0) is 0 Å². The number of benzene rings is 2. The molecule has 0 spiro atoms. The zero-order valence-corrected chi connectivity index (χ0v) is 19.9. The summed E-state index contributed by atoms with van der Waals surface area (Å²) < 4.78 is 12.1. The SMILES string of the molecule is O=c1oc2ccccc2c(O)c1C(C1=C(C2=[C]([Fe])CC=C2)CC=C1)c1c(O)c2ccccc2oc1=O. The van der Waals surface area contributed by atoms with E-state index >= 15 is 0 Å². The number of hydrogen-bond donors (Lipinski definition) is 2. The molecule has 36 heavy (non-hydrogen) atoms. The van der Waals surface area contributed by atoms with E-state index in [1.54, 1.807) is 48.5 Å². The van der Waals surface area contributed by atoms with Crippen LogP contribution < -0.4 is 11.3 Å². The van der Waals surface area contributed by atoms with E-state index in [2.05, 4.69) is 16.0 Å². The summed E-state index contributed by atoms with van der Waals surface area (Å²) in [6, 6.07) is 13.3. The van der Waals surface area contributed by atoms with Crippen LogP contribution in [0.2, 0.25) is 0 Å². The Morgan fingerprint density at radius 3 is 1.81 bits per heavy atom. The molecule has 179 valence electrons. The molecule has 0 unspecified atom stereocenters. The molecule has 0 saturated heterocycles. The van der Waals surface area contributed by atoms with Gasteiger partial charge in [0.1, 0.15) is 0 Å². The van der Waals surface area contributed by atoms with E-state index in [9.17, 15) is 19.8 Å². The molecule has 6 nitrogen and oxygen atoms in total. The molecule has 0 bridgehead atoms. The zero-order valence-electron chi connectivity index (χ0n) is 18.8. The molecule has 2 heterocycles. The Kier molecular flexibility index (Phi) is 5.32. The molecule has 0 saturated carbocycles. The van der Waals surface area contributed by atoms with Crippen molar-refractivity contribution < 1.29 is 35.1 Å². The Balaban J connectivity index is 1.75. The fourth-order valence-corrected chi connectivity index (χ4v) is 5.44. The Morgan fingerprint density at radius 2 is 1.28 bits per heavy atom. The Bertz CT molecular complexity index is 1720. The van der Waals surface area contributed by atoms with Crippen molar-refractivity contribution in [1.29, 1.82) is 0 Å². The predicted octanol–water partition coefficient (Wildman–Crippen LogP) is 5.46. The number of rotatable bonds is 4. The topological polar surface area (TPSA) is 101 Å². The van der Waals surface area contributed by atoms with Gasteiger partial charge in [0, 0.05) is 0 Å². The Labute approximate surface area is 213 Å². The first-order valence-electron chi connectivity index (χ1n) is 11.4. The number of allylic oxidation sites excluding steroid dienone is 8. The van der Waals surface area contributed by atoms with Crippen molar-refractivity contribution >= 4 is 21.9 Å². The van der Waals surface area contributed by atoms with Crippen LogP contribution in [0.5, 0.6) is 11.5 Å². The van der Waals surface area contributed by atoms with E-state index in [1.165, 1.54) is 0 Å².